The molecule has 0 radical (unpaired) electrons. The van der Waals surface area contributed by atoms with Gasteiger partial charge in [-0.2, -0.15) is 0 Å². The summed E-state index contributed by atoms with van der Waals surface area (Å²) in [7, 11) is -3.71. The van der Waals surface area contributed by atoms with Crippen LogP contribution in [-0.2, 0) is 16.6 Å². The van der Waals surface area contributed by atoms with Crippen molar-refractivity contribution in [1.82, 2.24) is 24.9 Å². The lowest BCUT2D eigenvalue weighted by atomic mass is 10.2. The van der Waals surface area contributed by atoms with E-state index in [2.05, 4.69) is 20.2 Å². The molecule has 146 valence electrons. The van der Waals surface area contributed by atoms with E-state index in [0.29, 0.717) is 18.2 Å². The molecule has 0 amide bonds. The van der Waals surface area contributed by atoms with Gasteiger partial charge in [0.15, 0.2) is 5.82 Å². The Morgan fingerprint density at radius 2 is 1.86 bits per heavy atom. The van der Waals surface area contributed by atoms with E-state index in [1.54, 1.807) is 23.7 Å². The van der Waals surface area contributed by atoms with Gasteiger partial charge in [-0.1, -0.05) is 30.3 Å². The highest BCUT2D eigenvalue weighted by atomic mass is 32.2. The smallest absolute Gasteiger partial charge is 0.241 e. The Hall–Kier alpha value is -2.78. The van der Waals surface area contributed by atoms with Gasteiger partial charge < -0.3 is 4.74 Å². The highest BCUT2D eigenvalue weighted by Crippen LogP contribution is 2.35. The van der Waals surface area contributed by atoms with Gasteiger partial charge in [0, 0.05) is 0 Å². The number of tetrazole rings is 1. The van der Waals surface area contributed by atoms with Gasteiger partial charge in [-0.05, 0) is 60.0 Å². The summed E-state index contributed by atoms with van der Waals surface area (Å²) in [5.41, 5.74) is 1.04. The molecular formula is C19H21N5O3S. The second kappa shape index (κ2) is 7.69. The largest absolute Gasteiger partial charge is 0.489 e. The molecule has 0 unspecified atom stereocenters. The molecular weight excluding hydrogens is 378 g/mol. The van der Waals surface area contributed by atoms with E-state index >= 15 is 0 Å². The van der Waals surface area contributed by atoms with Crippen molar-refractivity contribution in [2.75, 3.05) is 0 Å². The molecule has 28 heavy (non-hydrogen) atoms. The zero-order valence-corrected chi connectivity index (χ0v) is 16.2. The first-order valence-electron chi connectivity index (χ1n) is 9.10. The molecule has 0 aliphatic heterocycles. The van der Waals surface area contributed by atoms with Crippen molar-refractivity contribution < 1.29 is 13.2 Å². The number of ether oxygens (including phenoxy) is 1. The van der Waals surface area contributed by atoms with Crippen LogP contribution in [0.15, 0.2) is 59.5 Å². The Kier molecular flexibility index (Phi) is 5.10. The molecule has 1 saturated carbocycles. The first-order valence-corrected chi connectivity index (χ1v) is 10.6. The molecule has 8 nitrogen and oxygen atoms in total. The first-order chi connectivity index (χ1) is 13.5. The van der Waals surface area contributed by atoms with Gasteiger partial charge in [-0.15, -0.1) is 5.10 Å². The van der Waals surface area contributed by atoms with Gasteiger partial charge in [0.1, 0.15) is 12.4 Å². The lowest BCUT2D eigenvalue weighted by Gasteiger charge is -2.14. The second-order valence-corrected chi connectivity index (χ2v) is 8.52. The van der Waals surface area contributed by atoms with Crippen molar-refractivity contribution in [3.05, 3.63) is 66.0 Å². The zero-order valence-electron chi connectivity index (χ0n) is 15.4. The van der Waals surface area contributed by atoms with Crippen LogP contribution in [0.1, 0.15) is 43.2 Å². The predicted octanol–water partition coefficient (Wildman–Crippen LogP) is 2.63. The standard InChI is InChI=1S/C19H21N5O3S/c1-14(19-20-22-23-24(19)16-7-8-16)21-28(25,26)18-11-9-17(10-12-18)27-13-15-5-3-2-4-6-15/h2-6,9-12,14,16,21H,7-8,13H2,1H3/t14-/m0/s1. The van der Waals surface area contributed by atoms with Gasteiger partial charge in [0.2, 0.25) is 10.0 Å². The maximum Gasteiger partial charge on any atom is 0.241 e. The normalized spacial score (nSPS) is 15.3. The molecule has 0 bridgehead atoms. The van der Waals surface area contributed by atoms with Crippen molar-refractivity contribution in [1.29, 1.82) is 0 Å². The van der Waals surface area contributed by atoms with Gasteiger partial charge in [-0.25, -0.2) is 17.8 Å². The van der Waals surface area contributed by atoms with E-state index in [1.165, 1.54) is 12.1 Å². The molecule has 9 heteroatoms. The third-order valence-corrected chi connectivity index (χ3v) is 6.07. The fraction of sp³-hybridized carbons (Fsp3) is 0.316. The zero-order chi connectivity index (χ0) is 19.6. The van der Waals surface area contributed by atoms with E-state index in [1.807, 2.05) is 30.3 Å². The average molecular weight is 399 g/mol. The van der Waals surface area contributed by atoms with E-state index in [-0.39, 0.29) is 10.9 Å². The predicted molar refractivity (Wildman–Crippen MR) is 102 cm³/mol. The Morgan fingerprint density at radius 1 is 1.14 bits per heavy atom. The van der Waals surface area contributed by atoms with E-state index in [9.17, 15) is 8.42 Å². The molecule has 4 rings (SSSR count). The van der Waals surface area contributed by atoms with Crippen LogP contribution in [0.25, 0.3) is 0 Å². The van der Waals surface area contributed by atoms with E-state index in [4.69, 9.17) is 4.74 Å². The van der Waals surface area contributed by atoms with E-state index < -0.39 is 16.1 Å². The summed E-state index contributed by atoms with van der Waals surface area (Å²) in [4.78, 5) is 0.164. The molecule has 1 heterocycles. The Bertz CT molecular complexity index is 1030. The van der Waals surface area contributed by atoms with Crippen LogP contribution >= 0.6 is 0 Å². The van der Waals surface area contributed by atoms with Crippen LogP contribution in [-0.4, -0.2) is 28.6 Å². The maximum atomic E-state index is 12.7. The summed E-state index contributed by atoms with van der Waals surface area (Å²) in [5, 5.41) is 11.6. The average Bonchev–Trinajstić information content (AvgIpc) is 3.43. The third-order valence-electron chi connectivity index (χ3n) is 4.51. The summed E-state index contributed by atoms with van der Waals surface area (Å²) < 4.78 is 35.4. The summed E-state index contributed by atoms with van der Waals surface area (Å²) >= 11 is 0. The van der Waals surface area contributed by atoms with E-state index in [0.717, 1.165) is 18.4 Å². The van der Waals surface area contributed by atoms with Crippen molar-refractivity contribution in [3.8, 4) is 5.75 Å². The quantitative estimate of drug-likeness (QED) is 0.625. The lowest BCUT2D eigenvalue weighted by Crippen LogP contribution is -2.29. The third kappa shape index (κ3) is 4.20. The Labute approximate surface area is 163 Å². The minimum absolute atomic E-state index is 0.164. The van der Waals surface area contributed by atoms with Crippen LogP contribution in [0.4, 0.5) is 0 Å². The first kappa shape index (κ1) is 18.6. The summed E-state index contributed by atoms with van der Waals surface area (Å²) in [5.74, 6) is 1.13. The van der Waals surface area contributed by atoms with Crippen LogP contribution < -0.4 is 9.46 Å². The number of benzene rings is 2. The molecule has 1 aliphatic rings. The van der Waals surface area contributed by atoms with Crippen LogP contribution in [0.5, 0.6) is 5.75 Å². The molecule has 1 atom stereocenters. The minimum atomic E-state index is -3.71. The van der Waals surface area contributed by atoms with Crippen LogP contribution in [0, 0.1) is 0 Å². The number of rotatable bonds is 8. The molecule has 0 saturated heterocycles. The molecule has 1 aromatic heterocycles. The summed E-state index contributed by atoms with van der Waals surface area (Å²) in [6.45, 7) is 2.16. The lowest BCUT2D eigenvalue weighted by molar-refractivity contribution is 0.306. The molecule has 3 aromatic rings. The fourth-order valence-electron chi connectivity index (χ4n) is 2.87. The van der Waals surface area contributed by atoms with Crippen LogP contribution in [0.2, 0.25) is 0 Å². The molecule has 2 aromatic carbocycles. The minimum Gasteiger partial charge on any atom is -0.489 e. The van der Waals surface area contributed by atoms with Crippen molar-refractivity contribution in [2.24, 2.45) is 0 Å². The van der Waals surface area contributed by atoms with Gasteiger partial charge >= 0.3 is 0 Å². The highest BCUT2D eigenvalue weighted by Gasteiger charge is 2.31. The monoisotopic (exact) mass is 399 g/mol. The maximum absolute atomic E-state index is 12.7. The second-order valence-electron chi connectivity index (χ2n) is 6.80. The topological polar surface area (TPSA) is 99.0 Å². The van der Waals surface area contributed by atoms with Crippen molar-refractivity contribution in [3.63, 3.8) is 0 Å². The van der Waals surface area contributed by atoms with Gasteiger partial charge in [-0.3, -0.25) is 0 Å². The SMILES string of the molecule is C[C@H](NS(=O)(=O)c1ccc(OCc2ccccc2)cc1)c1nnnn1C1CC1. The molecule has 1 fully saturated rings. The molecule has 1 N–H and O–H groups in total. The Morgan fingerprint density at radius 3 is 2.54 bits per heavy atom. The summed E-state index contributed by atoms with van der Waals surface area (Å²) in [6.07, 6.45) is 2.03. The number of nitrogens with one attached hydrogen (secondary N) is 1. The fourth-order valence-corrected chi connectivity index (χ4v) is 4.08. The van der Waals surface area contributed by atoms with Crippen molar-refractivity contribution in [2.45, 2.75) is 43.4 Å². The summed E-state index contributed by atoms with van der Waals surface area (Å²) in [6, 6.07) is 15.9. The number of hydrogen-bond donors (Lipinski definition) is 1. The number of aromatic nitrogens is 4. The molecule has 0 spiro atoms. The van der Waals surface area contributed by atoms with Gasteiger partial charge in [0.25, 0.3) is 0 Å². The van der Waals surface area contributed by atoms with Crippen molar-refractivity contribution >= 4 is 10.0 Å². The number of hydrogen-bond acceptors (Lipinski definition) is 6. The number of sulfonamides is 1. The number of nitrogens with zero attached hydrogens (tertiary/aromatic N) is 4. The van der Waals surface area contributed by atoms with Gasteiger partial charge in [0.05, 0.1) is 17.0 Å². The van der Waals surface area contributed by atoms with Crippen LogP contribution in [0.3, 0.4) is 0 Å². The molecule has 1 aliphatic carbocycles. The Balaban J connectivity index is 1.41. The highest BCUT2D eigenvalue weighted by molar-refractivity contribution is 7.89.